The molecule has 0 fully saturated rings. The second-order valence-electron chi connectivity index (χ2n) is 11.1. The van der Waals surface area contributed by atoms with Crippen molar-refractivity contribution in [2.75, 3.05) is 38.9 Å². The molecule has 0 spiro atoms. The Balaban J connectivity index is 2.84. The van der Waals surface area contributed by atoms with Crippen molar-refractivity contribution >= 4 is 15.2 Å². The second kappa shape index (κ2) is 18.0. The predicted molar refractivity (Wildman–Crippen MR) is 169 cm³/mol. The zero-order valence-corrected chi connectivity index (χ0v) is 27.7. The third-order valence-electron chi connectivity index (χ3n) is 8.02. The van der Waals surface area contributed by atoms with Crippen LogP contribution in [0.15, 0.2) is 36.4 Å². The molecule has 45 heavy (non-hydrogen) atoms. The number of ether oxygens (including phenoxy) is 1. The molecule has 16 heteroatoms. The van der Waals surface area contributed by atoms with Crippen molar-refractivity contribution in [2.45, 2.75) is 71.0 Å². The molecular formula is C29H49N3O11P2. The highest BCUT2D eigenvalue weighted by atomic mass is 31.2. The smallest absolute Gasteiger partial charge is 0.339 e. The van der Waals surface area contributed by atoms with E-state index in [0.29, 0.717) is 46.4 Å². The van der Waals surface area contributed by atoms with Crippen LogP contribution in [0, 0.1) is 6.92 Å². The monoisotopic (exact) mass is 677 g/mol. The van der Waals surface area contributed by atoms with E-state index in [1.54, 1.807) is 50.2 Å². The van der Waals surface area contributed by atoms with E-state index in [2.05, 4.69) is 0 Å². The average Bonchev–Trinajstić information content (AvgIpc) is 2.96. The van der Waals surface area contributed by atoms with Gasteiger partial charge in [-0.2, -0.15) is 0 Å². The molecule has 2 aromatic rings. The number of nitrogens with two attached hydrogens (primary N) is 1. The third kappa shape index (κ3) is 11.2. The molecule has 2 rings (SSSR count). The van der Waals surface area contributed by atoms with E-state index < -0.39 is 52.6 Å². The molecule has 0 aliphatic heterocycles. The molecule has 10 N–H and O–H groups in total. The van der Waals surface area contributed by atoms with Gasteiger partial charge in [-0.1, -0.05) is 42.8 Å². The number of hydrogen-bond donors (Lipinski definition) is 9. The summed E-state index contributed by atoms with van der Waals surface area (Å²) in [4.78, 5) is 43.4. The van der Waals surface area contributed by atoms with Crippen molar-refractivity contribution in [3.63, 3.8) is 0 Å². The van der Waals surface area contributed by atoms with Crippen molar-refractivity contribution in [1.29, 1.82) is 0 Å². The van der Waals surface area contributed by atoms with E-state index >= 15 is 0 Å². The van der Waals surface area contributed by atoms with Crippen LogP contribution in [-0.2, 0) is 35.4 Å². The standard InChI is InChI=1S/C29H49N3O11P2/c1-3-43-28-24(9-7-11-26(28)17-34)14-31(20-44(37,38)39)27(18-35)29(19-36,12-4-5-13-30)32(21-45(40,41)42)15-23-8-6-10-25(16-33)22(23)2/h6-11,27,33-36H,3-5,12-21,30H2,1-2H3,(H2,37,38,39)(H2,40,41,42). The summed E-state index contributed by atoms with van der Waals surface area (Å²) in [5.74, 6) is 0.302. The van der Waals surface area contributed by atoms with Crippen LogP contribution in [0.3, 0.4) is 0 Å². The summed E-state index contributed by atoms with van der Waals surface area (Å²) in [7, 11) is -9.64. The van der Waals surface area contributed by atoms with Gasteiger partial charge in [-0.15, -0.1) is 0 Å². The third-order valence-corrected chi connectivity index (χ3v) is 9.46. The molecular weight excluding hydrogens is 628 g/mol. The Morgan fingerprint density at radius 3 is 1.93 bits per heavy atom. The summed E-state index contributed by atoms with van der Waals surface area (Å²) < 4.78 is 30.9. The highest BCUT2D eigenvalue weighted by Gasteiger charge is 2.48. The fourth-order valence-electron chi connectivity index (χ4n) is 5.81. The van der Waals surface area contributed by atoms with Crippen LogP contribution in [0.1, 0.15) is 54.0 Å². The molecule has 2 aromatic carbocycles. The SMILES string of the molecule is CCOc1c(CO)cccc1CN(CP(=O)(O)O)C(CO)C(CO)(CCCCN)N(Cc1cccc(CO)c1C)CP(=O)(O)O. The lowest BCUT2D eigenvalue weighted by molar-refractivity contribution is -0.0633. The van der Waals surface area contributed by atoms with Crippen LogP contribution in [0.25, 0.3) is 0 Å². The quantitative estimate of drug-likeness (QED) is 0.0666. The Bertz CT molecular complexity index is 1310. The predicted octanol–water partition coefficient (Wildman–Crippen LogP) is 1.17. The van der Waals surface area contributed by atoms with Crippen LogP contribution in [0.4, 0.5) is 0 Å². The number of aliphatic hydroxyl groups excluding tert-OH is 4. The van der Waals surface area contributed by atoms with Gasteiger partial charge in [-0.3, -0.25) is 18.9 Å². The molecule has 0 amide bonds. The van der Waals surface area contributed by atoms with Gasteiger partial charge in [0.25, 0.3) is 0 Å². The molecule has 0 saturated carbocycles. The highest BCUT2D eigenvalue weighted by molar-refractivity contribution is 7.51. The van der Waals surface area contributed by atoms with E-state index in [0.717, 1.165) is 0 Å². The maximum Gasteiger partial charge on any atom is 0.339 e. The maximum absolute atomic E-state index is 12.6. The fraction of sp³-hybridized carbons (Fsp3) is 0.586. The zero-order valence-electron chi connectivity index (χ0n) is 25.9. The van der Waals surface area contributed by atoms with Crippen molar-refractivity contribution in [3.05, 3.63) is 64.2 Å². The average molecular weight is 678 g/mol. The maximum atomic E-state index is 12.6. The first-order chi connectivity index (χ1) is 21.2. The van der Waals surface area contributed by atoms with E-state index in [1.165, 1.54) is 9.80 Å². The van der Waals surface area contributed by atoms with E-state index in [4.69, 9.17) is 10.5 Å². The van der Waals surface area contributed by atoms with Gasteiger partial charge in [-0.25, -0.2) is 0 Å². The summed E-state index contributed by atoms with van der Waals surface area (Å²) in [6.45, 7) is 1.53. The first-order valence-electron chi connectivity index (χ1n) is 14.7. The Morgan fingerprint density at radius 2 is 1.42 bits per heavy atom. The number of nitrogens with zero attached hydrogens (tertiary/aromatic N) is 2. The largest absolute Gasteiger partial charge is 0.493 e. The highest BCUT2D eigenvalue weighted by Crippen LogP contribution is 2.44. The van der Waals surface area contributed by atoms with Crippen LogP contribution < -0.4 is 10.5 Å². The Kier molecular flexibility index (Phi) is 15.8. The minimum absolute atomic E-state index is 0.0529. The number of hydrogen-bond acceptors (Lipinski definition) is 10. The Hall–Kier alpha value is -1.74. The van der Waals surface area contributed by atoms with Gasteiger partial charge in [0.05, 0.1) is 44.6 Å². The fourth-order valence-corrected chi connectivity index (χ4v) is 7.40. The van der Waals surface area contributed by atoms with Crippen LogP contribution in [0.2, 0.25) is 0 Å². The van der Waals surface area contributed by atoms with E-state index in [1.807, 2.05) is 0 Å². The van der Waals surface area contributed by atoms with Gasteiger partial charge in [0, 0.05) is 24.2 Å². The molecule has 256 valence electrons. The van der Waals surface area contributed by atoms with Crippen molar-refractivity contribution in [1.82, 2.24) is 9.80 Å². The number of benzene rings is 2. The van der Waals surface area contributed by atoms with Crippen molar-refractivity contribution in [2.24, 2.45) is 5.73 Å². The zero-order chi connectivity index (χ0) is 33.8. The molecule has 0 aliphatic carbocycles. The van der Waals surface area contributed by atoms with Crippen LogP contribution in [-0.4, -0.2) is 100 Å². The first-order valence-corrected chi connectivity index (χ1v) is 18.3. The summed E-state index contributed by atoms with van der Waals surface area (Å²) in [6, 6.07) is 8.78. The van der Waals surface area contributed by atoms with Gasteiger partial charge in [0.2, 0.25) is 0 Å². The Labute approximate surface area is 264 Å². The second-order valence-corrected chi connectivity index (χ2v) is 14.3. The molecule has 0 saturated heterocycles. The number of unbranched alkanes of at least 4 members (excludes halogenated alkanes) is 1. The normalized spacial score (nSPS) is 14.6. The van der Waals surface area contributed by atoms with Crippen molar-refractivity contribution in [3.8, 4) is 5.75 Å². The number of aliphatic hydroxyl groups is 4. The van der Waals surface area contributed by atoms with Crippen molar-refractivity contribution < 1.29 is 53.9 Å². The van der Waals surface area contributed by atoms with Gasteiger partial charge in [0.1, 0.15) is 18.3 Å². The molecule has 0 heterocycles. The molecule has 0 aliphatic rings. The van der Waals surface area contributed by atoms with Crippen LogP contribution >= 0.6 is 15.2 Å². The lowest BCUT2D eigenvalue weighted by atomic mass is 9.82. The van der Waals surface area contributed by atoms with E-state index in [-0.39, 0.29) is 45.9 Å². The minimum atomic E-state index is -4.82. The van der Waals surface area contributed by atoms with Gasteiger partial charge < -0.3 is 50.5 Å². The first kappa shape index (κ1) is 39.4. The van der Waals surface area contributed by atoms with Gasteiger partial charge in [0.15, 0.2) is 0 Å². The lowest BCUT2D eigenvalue weighted by Gasteiger charge is -2.51. The number of para-hydroxylation sites is 1. The molecule has 2 atom stereocenters. The minimum Gasteiger partial charge on any atom is -0.493 e. The topological polar surface area (TPSA) is 238 Å². The molecule has 14 nitrogen and oxygen atoms in total. The molecule has 2 unspecified atom stereocenters. The summed E-state index contributed by atoms with van der Waals surface area (Å²) in [5, 5.41) is 41.9. The number of rotatable bonds is 21. The van der Waals surface area contributed by atoms with Crippen LogP contribution in [0.5, 0.6) is 5.75 Å². The van der Waals surface area contributed by atoms with Gasteiger partial charge in [-0.05, 0) is 49.9 Å². The molecule has 0 bridgehead atoms. The summed E-state index contributed by atoms with van der Waals surface area (Å²) in [5.41, 5.74) is 6.84. The Morgan fingerprint density at radius 1 is 0.844 bits per heavy atom. The lowest BCUT2D eigenvalue weighted by Crippen LogP contribution is -2.65. The van der Waals surface area contributed by atoms with Gasteiger partial charge >= 0.3 is 15.2 Å². The molecule has 0 aromatic heterocycles. The summed E-state index contributed by atoms with van der Waals surface area (Å²) in [6.07, 6.45) is -0.835. The summed E-state index contributed by atoms with van der Waals surface area (Å²) >= 11 is 0. The van der Waals surface area contributed by atoms with E-state index in [9.17, 15) is 49.1 Å². The molecule has 0 radical (unpaired) electrons.